The van der Waals surface area contributed by atoms with E-state index in [1.165, 1.54) is 12.1 Å². The molecule has 1 aromatic carbocycles. The van der Waals surface area contributed by atoms with Gasteiger partial charge in [0.2, 0.25) is 0 Å². The minimum atomic E-state index is -0.442. The Labute approximate surface area is 111 Å². The predicted octanol–water partition coefficient (Wildman–Crippen LogP) is 3.43. The van der Waals surface area contributed by atoms with Crippen LogP contribution in [0.2, 0.25) is 5.02 Å². The highest BCUT2D eigenvalue weighted by Crippen LogP contribution is 2.21. The smallest absolute Gasteiger partial charge is 0.142 e. The third-order valence-electron chi connectivity index (χ3n) is 2.90. The van der Waals surface area contributed by atoms with Crippen molar-refractivity contribution in [2.45, 2.75) is 19.4 Å². The summed E-state index contributed by atoms with van der Waals surface area (Å²) in [5.41, 5.74) is 8.81. The highest BCUT2D eigenvalue weighted by molar-refractivity contribution is 6.30. The molecule has 94 valence electrons. The van der Waals surface area contributed by atoms with Crippen LogP contribution in [0.15, 0.2) is 36.5 Å². The Morgan fingerprint density at radius 3 is 2.83 bits per heavy atom. The number of pyridine rings is 1. The largest absolute Gasteiger partial charge is 0.324 e. The second-order valence-electron chi connectivity index (χ2n) is 4.25. The van der Waals surface area contributed by atoms with Gasteiger partial charge < -0.3 is 5.73 Å². The van der Waals surface area contributed by atoms with Gasteiger partial charge in [-0.2, -0.15) is 0 Å². The number of aromatic nitrogens is 1. The van der Waals surface area contributed by atoms with Crippen molar-refractivity contribution in [2.75, 3.05) is 0 Å². The van der Waals surface area contributed by atoms with Crippen LogP contribution >= 0.6 is 11.6 Å². The quantitative estimate of drug-likeness (QED) is 0.923. The summed E-state index contributed by atoms with van der Waals surface area (Å²) < 4.78 is 13.4. The molecule has 0 saturated carbocycles. The van der Waals surface area contributed by atoms with Crippen molar-refractivity contribution in [3.8, 4) is 0 Å². The highest BCUT2D eigenvalue weighted by atomic mass is 35.5. The Bertz CT molecular complexity index is 557. The highest BCUT2D eigenvalue weighted by Gasteiger charge is 2.11. The molecule has 4 heteroatoms. The van der Waals surface area contributed by atoms with Gasteiger partial charge in [0.05, 0.1) is 5.02 Å². The summed E-state index contributed by atoms with van der Waals surface area (Å²) >= 11 is 5.64. The molecule has 0 radical (unpaired) electrons. The van der Waals surface area contributed by atoms with Crippen molar-refractivity contribution in [2.24, 2.45) is 5.73 Å². The Hall–Kier alpha value is -1.45. The molecule has 0 spiro atoms. The van der Waals surface area contributed by atoms with Crippen molar-refractivity contribution in [3.05, 3.63) is 64.2 Å². The van der Waals surface area contributed by atoms with E-state index in [-0.39, 0.29) is 11.1 Å². The molecule has 0 amide bonds. The van der Waals surface area contributed by atoms with Gasteiger partial charge in [-0.3, -0.25) is 4.98 Å². The number of rotatable bonds is 3. The fraction of sp³-hybridized carbons (Fsp3) is 0.214. The molecular weight excluding hydrogens is 251 g/mol. The molecule has 2 N–H and O–H groups in total. The fourth-order valence-electron chi connectivity index (χ4n) is 1.80. The van der Waals surface area contributed by atoms with Gasteiger partial charge in [0.25, 0.3) is 0 Å². The van der Waals surface area contributed by atoms with Crippen LogP contribution in [0.4, 0.5) is 4.39 Å². The van der Waals surface area contributed by atoms with E-state index in [2.05, 4.69) is 4.98 Å². The molecule has 0 saturated heterocycles. The lowest BCUT2D eigenvalue weighted by molar-refractivity contribution is 0.618. The second-order valence-corrected chi connectivity index (χ2v) is 4.66. The lowest BCUT2D eigenvalue weighted by Crippen LogP contribution is -2.15. The van der Waals surface area contributed by atoms with Gasteiger partial charge in [0.1, 0.15) is 5.82 Å². The third-order valence-corrected chi connectivity index (χ3v) is 3.21. The lowest BCUT2D eigenvalue weighted by atomic mass is 10.0. The number of halogens is 2. The van der Waals surface area contributed by atoms with Crippen molar-refractivity contribution in [1.82, 2.24) is 4.98 Å². The van der Waals surface area contributed by atoms with Gasteiger partial charge in [-0.05, 0) is 36.2 Å². The summed E-state index contributed by atoms with van der Waals surface area (Å²) in [7, 11) is 0. The average Bonchev–Trinajstić information content (AvgIpc) is 2.35. The normalized spacial score (nSPS) is 12.4. The van der Waals surface area contributed by atoms with Gasteiger partial charge in [-0.1, -0.05) is 23.7 Å². The molecule has 0 aliphatic heterocycles. The van der Waals surface area contributed by atoms with Crippen LogP contribution in [-0.2, 0) is 6.42 Å². The molecule has 2 rings (SSSR count). The zero-order chi connectivity index (χ0) is 13.1. The van der Waals surface area contributed by atoms with E-state index in [1.807, 2.05) is 19.1 Å². The number of benzene rings is 1. The zero-order valence-corrected chi connectivity index (χ0v) is 10.8. The molecule has 2 aromatic rings. The minimum Gasteiger partial charge on any atom is -0.324 e. The van der Waals surface area contributed by atoms with Crippen LogP contribution in [0.1, 0.15) is 22.9 Å². The SMILES string of the molecule is Cc1cccnc1CC(N)c1ccc(Cl)c(F)c1. The summed E-state index contributed by atoms with van der Waals surface area (Å²) in [6, 6.07) is 8.23. The minimum absolute atomic E-state index is 0.111. The average molecular weight is 265 g/mol. The van der Waals surface area contributed by atoms with E-state index in [0.29, 0.717) is 6.42 Å². The first kappa shape index (κ1) is 13.0. The van der Waals surface area contributed by atoms with Gasteiger partial charge in [-0.15, -0.1) is 0 Å². The topological polar surface area (TPSA) is 38.9 Å². The first-order valence-electron chi connectivity index (χ1n) is 5.69. The van der Waals surface area contributed by atoms with E-state index in [0.717, 1.165) is 16.8 Å². The van der Waals surface area contributed by atoms with Gasteiger partial charge >= 0.3 is 0 Å². The van der Waals surface area contributed by atoms with E-state index in [9.17, 15) is 4.39 Å². The Morgan fingerprint density at radius 2 is 2.17 bits per heavy atom. The first-order valence-corrected chi connectivity index (χ1v) is 6.06. The van der Waals surface area contributed by atoms with Crippen molar-refractivity contribution in [3.63, 3.8) is 0 Å². The molecule has 1 unspecified atom stereocenters. The van der Waals surface area contributed by atoms with Crippen molar-refractivity contribution in [1.29, 1.82) is 0 Å². The molecule has 1 heterocycles. The summed E-state index contributed by atoms with van der Waals surface area (Å²) in [5, 5.41) is 0.111. The van der Waals surface area contributed by atoms with Crippen LogP contribution in [0.3, 0.4) is 0 Å². The molecule has 0 fully saturated rings. The molecule has 2 nitrogen and oxygen atoms in total. The van der Waals surface area contributed by atoms with Crippen molar-refractivity contribution < 1.29 is 4.39 Å². The van der Waals surface area contributed by atoms with Crippen molar-refractivity contribution >= 4 is 11.6 Å². The van der Waals surface area contributed by atoms with Crippen LogP contribution in [0.25, 0.3) is 0 Å². The molecule has 0 bridgehead atoms. The van der Waals surface area contributed by atoms with E-state index < -0.39 is 5.82 Å². The molecule has 0 aliphatic rings. The zero-order valence-electron chi connectivity index (χ0n) is 10.0. The molecule has 0 aliphatic carbocycles. The van der Waals surface area contributed by atoms with Gasteiger partial charge in [0, 0.05) is 24.4 Å². The summed E-state index contributed by atoms with van der Waals surface area (Å²) in [6.07, 6.45) is 2.31. The first-order chi connectivity index (χ1) is 8.58. The number of nitrogens with two attached hydrogens (primary N) is 1. The molecular formula is C14H14ClFN2. The van der Waals surface area contributed by atoms with E-state index in [4.69, 9.17) is 17.3 Å². The van der Waals surface area contributed by atoms with Crippen LogP contribution in [-0.4, -0.2) is 4.98 Å². The van der Waals surface area contributed by atoms with E-state index >= 15 is 0 Å². The van der Waals surface area contributed by atoms with E-state index in [1.54, 1.807) is 12.3 Å². The summed E-state index contributed by atoms with van der Waals surface area (Å²) in [6.45, 7) is 1.98. The van der Waals surface area contributed by atoms with Gasteiger partial charge in [0.15, 0.2) is 0 Å². The molecule has 18 heavy (non-hydrogen) atoms. The third kappa shape index (κ3) is 2.86. The van der Waals surface area contributed by atoms with Crippen LogP contribution in [0.5, 0.6) is 0 Å². The predicted molar refractivity (Wildman–Crippen MR) is 71.0 cm³/mol. The second kappa shape index (κ2) is 5.46. The standard InChI is InChI=1S/C14H14ClFN2/c1-9-3-2-6-18-14(9)8-13(17)10-4-5-11(15)12(16)7-10/h2-7,13H,8,17H2,1H3. The maximum Gasteiger partial charge on any atom is 0.142 e. The lowest BCUT2D eigenvalue weighted by Gasteiger charge is -2.13. The molecule has 1 atom stereocenters. The summed E-state index contributed by atoms with van der Waals surface area (Å²) in [4.78, 5) is 4.28. The van der Waals surface area contributed by atoms with Crippen LogP contribution in [0, 0.1) is 12.7 Å². The van der Waals surface area contributed by atoms with Gasteiger partial charge in [-0.25, -0.2) is 4.39 Å². The number of nitrogens with zero attached hydrogens (tertiary/aromatic N) is 1. The maximum absolute atomic E-state index is 13.4. The molecule has 1 aromatic heterocycles. The summed E-state index contributed by atoms with van der Waals surface area (Å²) in [5.74, 6) is -0.442. The number of hydrogen-bond donors (Lipinski definition) is 1. The number of hydrogen-bond acceptors (Lipinski definition) is 2. The Kier molecular flexibility index (Phi) is 3.94. The Balaban J connectivity index is 2.19. The number of aryl methyl sites for hydroxylation is 1. The van der Waals surface area contributed by atoms with Crippen LogP contribution < -0.4 is 5.73 Å². The maximum atomic E-state index is 13.4. The Morgan fingerprint density at radius 1 is 1.39 bits per heavy atom. The monoisotopic (exact) mass is 264 g/mol. The fourth-order valence-corrected chi connectivity index (χ4v) is 1.92.